The standard InChI is InChI=1S/C29H31ClF3N5O3S/c1-38(25-21-12-20(13-29(31,32)33)42-27(21)37-28(30)36-25)22-10-19(11-23(22)39-2)34-14-16-5-7-17(8-6-16)18-9-24(40-3)26(41-4)35-15-18/h5-9,12,15,19,22-23,34H,10-11,13-14H2,1-4H3/t19-,22+,23+/m1/s1. The van der Waals surface area contributed by atoms with Crippen LogP contribution in [0.15, 0.2) is 42.6 Å². The van der Waals surface area contributed by atoms with E-state index >= 15 is 0 Å². The molecule has 0 amide bonds. The van der Waals surface area contributed by atoms with Crippen LogP contribution < -0.4 is 19.7 Å². The summed E-state index contributed by atoms with van der Waals surface area (Å²) >= 11 is 7.18. The molecule has 3 atom stereocenters. The number of aromatic nitrogens is 3. The second-order valence-electron chi connectivity index (χ2n) is 10.2. The Morgan fingerprint density at radius 3 is 2.48 bits per heavy atom. The topological polar surface area (TPSA) is 81.6 Å². The minimum Gasteiger partial charge on any atom is -0.491 e. The largest absolute Gasteiger partial charge is 0.491 e. The molecule has 224 valence electrons. The summed E-state index contributed by atoms with van der Waals surface area (Å²) in [5, 5.41) is 4.19. The fraction of sp³-hybridized carbons (Fsp3) is 0.414. The van der Waals surface area contributed by atoms with Crippen molar-refractivity contribution in [2.24, 2.45) is 0 Å². The van der Waals surface area contributed by atoms with Crippen LogP contribution in [0.2, 0.25) is 5.28 Å². The van der Waals surface area contributed by atoms with Gasteiger partial charge in [0.05, 0.1) is 38.2 Å². The molecule has 3 aromatic heterocycles. The minimum absolute atomic E-state index is 0.00119. The Balaban J connectivity index is 1.26. The highest BCUT2D eigenvalue weighted by atomic mass is 35.5. The van der Waals surface area contributed by atoms with E-state index in [0.717, 1.165) is 40.9 Å². The van der Waals surface area contributed by atoms with Crippen molar-refractivity contribution in [3.8, 4) is 22.8 Å². The molecule has 1 aliphatic rings. The zero-order valence-electron chi connectivity index (χ0n) is 23.5. The quantitative estimate of drug-likeness (QED) is 0.207. The third-order valence-electron chi connectivity index (χ3n) is 7.49. The van der Waals surface area contributed by atoms with Gasteiger partial charge in [0.25, 0.3) is 5.88 Å². The van der Waals surface area contributed by atoms with Crippen LogP contribution in [-0.2, 0) is 17.7 Å². The van der Waals surface area contributed by atoms with Gasteiger partial charge in [0, 0.05) is 43.4 Å². The number of nitrogens with zero attached hydrogens (tertiary/aromatic N) is 4. The average molecular weight is 622 g/mol. The van der Waals surface area contributed by atoms with E-state index in [1.807, 2.05) is 30.1 Å². The first-order valence-electron chi connectivity index (χ1n) is 13.3. The lowest BCUT2D eigenvalue weighted by Crippen LogP contribution is -2.39. The van der Waals surface area contributed by atoms with E-state index in [1.54, 1.807) is 27.5 Å². The fourth-order valence-electron chi connectivity index (χ4n) is 5.41. The molecule has 1 N–H and O–H groups in total. The summed E-state index contributed by atoms with van der Waals surface area (Å²) in [5.41, 5.74) is 3.06. The molecule has 1 aromatic carbocycles. The second kappa shape index (κ2) is 12.6. The van der Waals surface area contributed by atoms with Gasteiger partial charge in [-0.2, -0.15) is 18.2 Å². The number of nitrogens with one attached hydrogen (secondary N) is 1. The highest BCUT2D eigenvalue weighted by molar-refractivity contribution is 7.18. The molecule has 5 rings (SSSR count). The number of likely N-dealkylation sites (N-methyl/N-ethyl adjacent to an activating group) is 1. The molecule has 1 saturated carbocycles. The number of ether oxygens (including phenoxy) is 3. The molecule has 1 aliphatic carbocycles. The van der Waals surface area contributed by atoms with E-state index in [4.69, 9.17) is 25.8 Å². The van der Waals surface area contributed by atoms with Gasteiger partial charge in [-0.3, -0.25) is 0 Å². The van der Waals surface area contributed by atoms with Gasteiger partial charge in [-0.15, -0.1) is 11.3 Å². The summed E-state index contributed by atoms with van der Waals surface area (Å²) in [6.07, 6.45) is -2.16. The van der Waals surface area contributed by atoms with Gasteiger partial charge in [-0.05, 0) is 47.7 Å². The first kappa shape index (κ1) is 30.3. The zero-order valence-corrected chi connectivity index (χ0v) is 25.1. The van der Waals surface area contributed by atoms with E-state index in [1.165, 1.54) is 6.07 Å². The van der Waals surface area contributed by atoms with Gasteiger partial charge in [-0.25, -0.2) is 9.97 Å². The van der Waals surface area contributed by atoms with Crippen molar-refractivity contribution in [1.82, 2.24) is 20.3 Å². The monoisotopic (exact) mass is 621 g/mol. The summed E-state index contributed by atoms with van der Waals surface area (Å²) in [6, 6.07) is 11.7. The van der Waals surface area contributed by atoms with Crippen molar-refractivity contribution in [2.45, 2.75) is 50.2 Å². The number of hydrogen-bond donors (Lipinski definition) is 1. The minimum atomic E-state index is -4.31. The number of anilines is 1. The lowest BCUT2D eigenvalue weighted by atomic mass is 10.1. The maximum atomic E-state index is 13.0. The summed E-state index contributed by atoms with van der Waals surface area (Å²) in [5.74, 6) is 1.51. The van der Waals surface area contributed by atoms with Crippen molar-refractivity contribution >= 4 is 39.0 Å². The van der Waals surface area contributed by atoms with Gasteiger partial charge in [0.2, 0.25) is 5.28 Å². The molecular formula is C29H31ClF3N5O3S. The summed E-state index contributed by atoms with van der Waals surface area (Å²) in [7, 11) is 6.68. The van der Waals surface area contributed by atoms with Crippen molar-refractivity contribution in [3.63, 3.8) is 0 Å². The Morgan fingerprint density at radius 2 is 1.81 bits per heavy atom. The van der Waals surface area contributed by atoms with E-state index in [0.29, 0.717) is 34.2 Å². The van der Waals surface area contributed by atoms with Gasteiger partial charge in [-0.1, -0.05) is 24.3 Å². The summed E-state index contributed by atoms with van der Waals surface area (Å²) < 4.78 is 55.5. The maximum absolute atomic E-state index is 13.0. The van der Waals surface area contributed by atoms with Crippen LogP contribution in [0, 0.1) is 0 Å². The smallest absolute Gasteiger partial charge is 0.393 e. The summed E-state index contributed by atoms with van der Waals surface area (Å²) in [6.45, 7) is 0.664. The van der Waals surface area contributed by atoms with Crippen LogP contribution in [0.25, 0.3) is 21.3 Å². The van der Waals surface area contributed by atoms with Crippen LogP contribution in [0.1, 0.15) is 23.3 Å². The highest BCUT2D eigenvalue weighted by Gasteiger charge is 2.38. The van der Waals surface area contributed by atoms with Crippen LogP contribution in [0.5, 0.6) is 11.6 Å². The Labute approximate surface area is 250 Å². The Bertz CT molecular complexity index is 1540. The molecule has 0 radical (unpaired) electrons. The first-order chi connectivity index (χ1) is 20.1. The van der Waals surface area contributed by atoms with E-state index in [2.05, 4.69) is 32.4 Å². The van der Waals surface area contributed by atoms with Crippen LogP contribution in [-0.4, -0.2) is 67.7 Å². The van der Waals surface area contributed by atoms with Crippen molar-refractivity contribution in [1.29, 1.82) is 0 Å². The van der Waals surface area contributed by atoms with Crippen molar-refractivity contribution in [2.75, 3.05) is 33.3 Å². The van der Waals surface area contributed by atoms with Gasteiger partial charge < -0.3 is 24.4 Å². The van der Waals surface area contributed by atoms with Gasteiger partial charge in [0.15, 0.2) is 5.75 Å². The number of thiophene rings is 1. The number of rotatable bonds is 10. The third-order valence-corrected chi connectivity index (χ3v) is 8.69. The molecule has 8 nitrogen and oxygen atoms in total. The number of halogens is 4. The number of alkyl halides is 3. The molecule has 42 heavy (non-hydrogen) atoms. The molecule has 1 fully saturated rings. The van der Waals surface area contributed by atoms with Crippen LogP contribution >= 0.6 is 22.9 Å². The third kappa shape index (κ3) is 6.72. The molecule has 0 bridgehead atoms. The van der Waals surface area contributed by atoms with Crippen molar-refractivity contribution in [3.05, 3.63) is 58.3 Å². The van der Waals surface area contributed by atoms with Gasteiger partial charge in [0.1, 0.15) is 10.6 Å². The normalized spacial score (nSPS) is 18.9. The fourth-order valence-corrected chi connectivity index (χ4v) is 6.68. The molecule has 13 heteroatoms. The lowest BCUT2D eigenvalue weighted by Gasteiger charge is -2.30. The Hall–Kier alpha value is -3.19. The second-order valence-corrected chi connectivity index (χ2v) is 11.6. The number of methoxy groups -OCH3 is 3. The van der Waals surface area contributed by atoms with Crippen LogP contribution in [0.3, 0.4) is 0 Å². The van der Waals surface area contributed by atoms with E-state index in [-0.39, 0.29) is 28.3 Å². The first-order valence-corrected chi connectivity index (χ1v) is 14.5. The molecule has 0 saturated heterocycles. The number of benzene rings is 1. The molecule has 3 heterocycles. The highest BCUT2D eigenvalue weighted by Crippen LogP contribution is 2.38. The maximum Gasteiger partial charge on any atom is 0.393 e. The zero-order chi connectivity index (χ0) is 30.0. The van der Waals surface area contributed by atoms with E-state index < -0.39 is 12.6 Å². The molecule has 4 aromatic rings. The predicted octanol–water partition coefficient (Wildman–Crippen LogP) is 6.30. The molecule has 0 aliphatic heterocycles. The molecule has 0 unspecified atom stereocenters. The van der Waals surface area contributed by atoms with Crippen LogP contribution in [0.4, 0.5) is 19.0 Å². The average Bonchev–Trinajstić information content (AvgIpc) is 3.57. The van der Waals surface area contributed by atoms with E-state index in [9.17, 15) is 13.2 Å². The SMILES string of the molecule is COc1cc(-c2ccc(CN[C@H]3C[C@H](OC)[C@@H](N(C)c4nc(Cl)nc5sc(CC(F)(F)F)cc45)C3)cc2)cnc1OC. The Kier molecular flexibility index (Phi) is 9.07. The number of fused-ring (bicyclic) bond motifs is 1. The number of pyridine rings is 1. The summed E-state index contributed by atoms with van der Waals surface area (Å²) in [4.78, 5) is 15.5. The lowest BCUT2D eigenvalue weighted by molar-refractivity contribution is -0.126. The van der Waals surface area contributed by atoms with Crippen molar-refractivity contribution < 1.29 is 27.4 Å². The Morgan fingerprint density at radius 1 is 1.05 bits per heavy atom. The molecular weight excluding hydrogens is 591 g/mol. The predicted molar refractivity (Wildman–Crippen MR) is 158 cm³/mol. The van der Waals surface area contributed by atoms with Gasteiger partial charge >= 0.3 is 6.18 Å². The molecule has 0 spiro atoms. The number of hydrogen-bond acceptors (Lipinski definition) is 9.